The number of nitrogens with zero attached hydrogens (tertiary/aromatic N) is 1. The minimum atomic E-state index is 0.581. The molecule has 2 aromatic carbocycles. The lowest BCUT2D eigenvalue weighted by Crippen LogP contribution is -2.32. The molecule has 0 aromatic heterocycles. The summed E-state index contributed by atoms with van der Waals surface area (Å²) in [4.78, 5) is 2.22. The summed E-state index contributed by atoms with van der Waals surface area (Å²) in [6, 6.07) is 12.3. The molecule has 0 unspecified atom stereocenters. The van der Waals surface area contributed by atoms with Gasteiger partial charge < -0.3 is 9.64 Å². The summed E-state index contributed by atoms with van der Waals surface area (Å²) in [6.45, 7) is 5.61. The van der Waals surface area contributed by atoms with Crippen molar-refractivity contribution in [1.29, 1.82) is 0 Å². The number of anilines is 1. The average molecular weight is 274 g/mol. The van der Waals surface area contributed by atoms with Crippen molar-refractivity contribution in [3.8, 4) is 5.75 Å². The van der Waals surface area contributed by atoms with Crippen LogP contribution in [0.1, 0.15) is 16.7 Å². The molecule has 2 nitrogen and oxygen atoms in total. The van der Waals surface area contributed by atoms with E-state index in [-0.39, 0.29) is 0 Å². The Kier molecular flexibility index (Phi) is 3.11. The van der Waals surface area contributed by atoms with Gasteiger partial charge in [-0.15, -0.1) is 0 Å². The van der Waals surface area contributed by atoms with Crippen molar-refractivity contribution >= 4 is 17.3 Å². The molecule has 1 heterocycles. The molecule has 0 atom stereocenters. The quantitative estimate of drug-likeness (QED) is 0.767. The van der Waals surface area contributed by atoms with E-state index in [2.05, 4.69) is 24.0 Å². The SMILES string of the molecule is Cc1cc(N2COc3cccc(C)c3C2)ccc1Cl. The Balaban J connectivity index is 1.93. The minimum Gasteiger partial charge on any atom is -0.473 e. The standard InChI is InChI=1S/C16H16ClNO/c1-11-4-3-5-16-14(11)9-18(10-19-16)13-6-7-15(17)12(2)8-13/h3-8H,9-10H2,1-2H3. The number of ether oxygens (including phenoxy) is 1. The number of hydrogen-bond acceptors (Lipinski definition) is 2. The summed E-state index contributed by atoms with van der Waals surface area (Å²) >= 11 is 6.08. The molecule has 1 aliphatic rings. The van der Waals surface area contributed by atoms with E-state index in [1.165, 1.54) is 11.1 Å². The minimum absolute atomic E-state index is 0.581. The second-order valence-electron chi connectivity index (χ2n) is 4.96. The molecule has 0 saturated heterocycles. The van der Waals surface area contributed by atoms with Crippen molar-refractivity contribution in [3.05, 3.63) is 58.1 Å². The summed E-state index contributed by atoms with van der Waals surface area (Å²) in [6.07, 6.45) is 0. The van der Waals surface area contributed by atoms with Crippen molar-refractivity contribution in [2.75, 3.05) is 11.6 Å². The van der Waals surface area contributed by atoms with E-state index in [0.29, 0.717) is 6.73 Å². The molecular weight excluding hydrogens is 258 g/mol. The van der Waals surface area contributed by atoms with Gasteiger partial charge in [0.05, 0.1) is 6.54 Å². The largest absolute Gasteiger partial charge is 0.473 e. The van der Waals surface area contributed by atoms with Crippen LogP contribution in [0, 0.1) is 13.8 Å². The van der Waals surface area contributed by atoms with Crippen molar-refractivity contribution in [2.24, 2.45) is 0 Å². The lowest BCUT2D eigenvalue weighted by molar-refractivity contribution is 0.289. The first-order valence-electron chi connectivity index (χ1n) is 6.37. The molecule has 0 aliphatic carbocycles. The van der Waals surface area contributed by atoms with Crippen LogP contribution in [0.15, 0.2) is 36.4 Å². The Morgan fingerprint density at radius 3 is 2.74 bits per heavy atom. The smallest absolute Gasteiger partial charge is 0.161 e. The molecule has 1 aliphatic heterocycles. The van der Waals surface area contributed by atoms with Gasteiger partial charge in [0.2, 0.25) is 0 Å². The molecule has 3 rings (SSSR count). The fourth-order valence-electron chi connectivity index (χ4n) is 2.39. The number of aryl methyl sites for hydroxylation is 2. The Morgan fingerprint density at radius 1 is 1.11 bits per heavy atom. The van der Waals surface area contributed by atoms with E-state index in [1.807, 2.05) is 31.2 Å². The molecule has 0 amide bonds. The lowest BCUT2D eigenvalue weighted by Gasteiger charge is -2.32. The predicted molar refractivity (Wildman–Crippen MR) is 79.0 cm³/mol. The maximum Gasteiger partial charge on any atom is 0.161 e. The first kappa shape index (κ1) is 12.4. The Morgan fingerprint density at radius 2 is 1.95 bits per heavy atom. The molecule has 2 aromatic rings. The first-order chi connectivity index (χ1) is 9.15. The summed E-state index contributed by atoms with van der Waals surface area (Å²) in [5, 5.41) is 0.804. The van der Waals surface area contributed by atoms with E-state index in [1.54, 1.807) is 0 Å². The van der Waals surface area contributed by atoms with Gasteiger partial charge >= 0.3 is 0 Å². The summed E-state index contributed by atoms with van der Waals surface area (Å²) in [7, 11) is 0. The van der Waals surface area contributed by atoms with Gasteiger partial charge in [-0.2, -0.15) is 0 Å². The summed E-state index contributed by atoms with van der Waals surface area (Å²) < 4.78 is 5.83. The molecular formula is C16H16ClNO. The van der Waals surface area contributed by atoms with Gasteiger partial charge in [-0.25, -0.2) is 0 Å². The van der Waals surface area contributed by atoms with Crippen molar-refractivity contribution < 1.29 is 4.74 Å². The van der Waals surface area contributed by atoms with Crippen molar-refractivity contribution in [2.45, 2.75) is 20.4 Å². The molecule has 0 radical (unpaired) electrons. The van der Waals surface area contributed by atoms with Crippen molar-refractivity contribution in [3.63, 3.8) is 0 Å². The summed E-state index contributed by atoms with van der Waals surface area (Å²) in [5.41, 5.74) is 4.78. The van der Waals surface area contributed by atoms with Crippen LogP contribution in [0.5, 0.6) is 5.75 Å². The third-order valence-electron chi connectivity index (χ3n) is 3.60. The highest BCUT2D eigenvalue weighted by atomic mass is 35.5. The predicted octanol–water partition coefficient (Wildman–Crippen LogP) is 4.31. The zero-order chi connectivity index (χ0) is 13.4. The van der Waals surface area contributed by atoms with Gasteiger partial charge in [0.25, 0.3) is 0 Å². The van der Waals surface area contributed by atoms with Crippen LogP contribution in [-0.2, 0) is 6.54 Å². The first-order valence-corrected chi connectivity index (χ1v) is 6.75. The number of hydrogen-bond donors (Lipinski definition) is 0. The lowest BCUT2D eigenvalue weighted by atomic mass is 10.1. The third-order valence-corrected chi connectivity index (χ3v) is 4.02. The van der Waals surface area contributed by atoms with Crippen LogP contribution in [0.4, 0.5) is 5.69 Å². The molecule has 0 saturated carbocycles. The number of halogens is 1. The van der Waals surface area contributed by atoms with Gasteiger partial charge in [0, 0.05) is 16.3 Å². The van der Waals surface area contributed by atoms with E-state index in [0.717, 1.165) is 28.6 Å². The highest BCUT2D eigenvalue weighted by Gasteiger charge is 2.19. The number of fused-ring (bicyclic) bond motifs is 1. The Bertz CT molecular complexity index is 624. The maximum absolute atomic E-state index is 6.08. The Hall–Kier alpha value is -1.67. The zero-order valence-electron chi connectivity index (χ0n) is 11.1. The highest BCUT2D eigenvalue weighted by molar-refractivity contribution is 6.31. The van der Waals surface area contributed by atoms with Crippen LogP contribution in [0.3, 0.4) is 0 Å². The molecule has 98 valence electrons. The maximum atomic E-state index is 6.08. The van der Waals surface area contributed by atoms with Crippen LogP contribution in [0.25, 0.3) is 0 Å². The van der Waals surface area contributed by atoms with E-state index in [4.69, 9.17) is 16.3 Å². The topological polar surface area (TPSA) is 12.5 Å². The zero-order valence-corrected chi connectivity index (χ0v) is 11.9. The van der Waals surface area contributed by atoms with Gasteiger partial charge in [-0.3, -0.25) is 0 Å². The van der Waals surface area contributed by atoms with Crippen LogP contribution in [-0.4, -0.2) is 6.73 Å². The Labute approximate surface area is 118 Å². The normalized spacial score (nSPS) is 13.9. The van der Waals surface area contributed by atoms with Crippen molar-refractivity contribution in [1.82, 2.24) is 0 Å². The van der Waals surface area contributed by atoms with E-state index in [9.17, 15) is 0 Å². The molecule has 0 fully saturated rings. The molecule has 19 heavy (non-hydrogen) atoms. The number of rotatable bonds is 1. The van der Waals surface area contributed by atoms with Crippen LogP contribution in [0.2, 0.25) is 5.02 Å². The fourth-order valence-corrected chi connectivity index (χ4v) is 2.51. The van der Waals surface area contributed by atoms with Gasteiger partial charge in [0.15, 0.2) is 6.73 Å². The molecule has 0 bridgehead atoms. The second-order valence-corrected chi connectivity index (χ2v) is 5.36. The van der Waals surface area contributed by atoms with Crippen LogP contribution < -0.4 is 9.64 Å². The summed E-state index contributed by atoms with van der Waals surface area (Å²) in [5.74, 6) is 1.00. The monoisotopic (exact) mass is 273 g/mol. The second kappa shape index (κ2) is 4.78. The third kappa shape index (κ3) is 2.28. The van der Waals surface area contributed by atoms with Gasteiger partial charge in [-0.1, -0.05) is 23.7 Å². The average Bonchev–Trinajstić information content (AvgIpc) is 2.42. The fraction of sp³-hybridized carbons (Fsp3) is 0.250. The van der Waals surface area contributed by atoms with E-state index < -0.39 is 0 Å². The van der Waals surface area contributed by atoms with Crippen LogP contribution >= 0.6 is 11.6 Å². The highest BCUT2D eigenvalue weighted by Crippen LogP contribution is 2.31. The van der Waals surface area contributed by atoms with Gasteiger partial charge in [-0.05, 0) is 49.2 Å². The molecule has 0 spiro atoms. The van der Waals surface area contributed by atoms with E-state index >= 15 is 0 Å². The van der Waals surface area contributed by atoms with Gasteiger partial charge in [0.1, 0.15) is 5.75 Å². The molecule has 0 N–H and O–H groups in total. The molecule has 3 heteroatoms. The number of benzene rings is 2.